The summed E-state index contributed by atoms with van der Waals surface area (Å²) >= 11 is 0. The van der Waals surface area contributed by atoms with Crippen molar-refractivity contribution < 1.29 is 14.3 Å². The van der Waals surface area contributed by atoms with Crippen LogP contribution in [0, 0.1) is 0 Å². The van der Waals surface area contributed by atoms with Crippen LogP contribution in [0.15, 0.2) is 18.3 Å². The molecule has 0 unspecified atom stereocenters. The standard InChI is InChI=1S/C13H17N3O3/c1-10(17)15-9-12-8-11(2-3-14-12)13(18)16-4-6-19-7-5-16/h2-3,8H,4-7,9H2,1H3,(H,15,17). The number of ether oxygens (including phenoxy) is 1. The minimum Gasteiger partial charge on any atom is -0.378 e. The summed E-state index contributed by atoms with van der Waals surface area (Å²) in [7, 11) is 0. The van der Waals surface area contributed by atoms with E-state index in [1.54, 1.807) is 23.2 Å². The van der Waals surface area contributed by atoms with Crippen LogP contribution < -0.4 is 5.32 Å². The normalized spacial score (nSPS) is 15.1. The number of hydrogen-bond donors (Lipinski definition) is 1. The second kappa shape index (κ2) is 6.29. The molecule has 2 amide bonds. The molecule has 1 N–H and O–H groups in total. The van der Waals surface area contributed by atoms with Gasteiger partial charge in [0.1, 0.15) is 0 Å². The second-order valence-corrected chi connectivity index (χ2v) is 4.35. The van der Waals surface area contributed by atoms with E-state index in [1.165, 1.54) is 6.92 Å². The van der Waals surface area contributed by atoms with E-state index in [4.69, 9.17) is 4.74 Å². The molecule has 0 aromatic carbocycles. The summed E-state index contributed by atoms with van der Waals surface area (Å²) in [4.78, 5) is 29.0. The molecule has 1 aromatic heterocycles. The summed E-state index contributed by atoms with van der Waals surface area (Å²) in [6.07, 6.45) is 1.59. The summed E-state index contributed by atoms with van der Waals surface area (Å²) in [6, 6.07) is 3.41. The first-order chi connectivity index (χ1) is 9.16. The third-order valence-electron chi connectivity index (χ3n) is 2.88. The van der Waals surface area contributed by atoms with E-state index in [0.29, 0.717) is 44.1 Å². The van der Waals surface area contributed by atoms with Gasteiger partial charge in [-0.1, -0.05) is 0 Å². The number of rotatable bonds is 3. The van der Waals surface area contributed by atoms with Crippen molar-refractivity contribution in [2.75, 3.05) is 26.3 Å². The smallest absolute Gasteiger partial charge is 0.254 e. The van der Waals surface area contributed by atoms with Gasteiger partial charge in [0.2, 0.25) is 5.91 Å². The van der Waals surface area contributed by atoms with Gasteiger partial charge in [-0.2, -0.15) is 0 Å². The third kappa shape index (κ3) is 3.75. The largest absolute Gasteiger partial charge is 0.378 e. The molecule has 0 saturated carbocycles. The molecule has 102 valence electrons. The van der Waals surface area contributed by atoms with Gasteiger partial charge in [-0.3, -0.25) is 14.6 Å². The lowest BCUT2D eigenvalue weighted by atomic mass is 10.2. The molecular formula is C13H17N3O3. The number of nitrogens with one attached hydrogen (secondary N) is 1. The van der Waals surface area contributed by atoms with Crippen molar-refractivity contribution in [1.29, 1.82) is 0 Å². The highest BCUT2D eigenvalue weighted by molar-refractivity contribution is 5.94. The van der Waals surface area contributed by atoms with E-state index < -0.39 is 0 Å². The predicted molar refractivity (Wildman–Crippen MR) is 68.5 cm³/mol. The molecule has 0 bridgehead atoms. The van der Waals surface area contributed by atoms with Gasteiger partial charge >= 0.3 is 0 Å². The van der Waals surface area contributed by atoms with Crippen LogP contribution in [0.4, 0.5) is 0 Å². The lowest BCUT2D eigenvalue weighted by Gasteiger charge is -2.26. The summed E-state index contributed by atoms with van der Waals surface area (Å²) in [5, 5.41) is 2.66. The number of pyridine rings is 1. The highest BCUT2D eigenvalue weighted by atomic mass is 16.5. The topological polar surface area (TPSA) is 71.5 Å². The molecule has 0 atom stereocenters. The molecular weight excluding hydrogens is 246 g/mol. The van der Waals surface area contributed by atoms with Crippen molar-refractivity contribution in [2.45, 2.75) is 13.5 Å². The Bertz CT molecular complexity index is 470. The van der Waals surface area contributed by atoms with E-state index in [-0.39, 0.29) is 11.8 Å². The monoisotopic (exact) mass is 263 g/mol. The molecule has 0 aliphatic carbocycles. The van der Waals surface area contributed by atoms with E-state index in [0.717, 1.165) is 0 Å². The molecule has 2 rings (SSSR count). The molecule has 0 spiro atoms. The number of carbonyl (C=O) groups excluding carboxylic acids is 2. The fourth-order valence-electron chi connectivity index (χ4n) is 1.87. The quantitative estimate of drug-likeness (QED) is 0.845. The summed E-state index contributed by atoms with van der Waals surface area (Å²) < 4.78 is 5.22. The molecule has 1 aliphatic rings. The Morgan fingerprint density at radius 2 is 2.16 bits per heavy atom. The minimum atomic E-state index is -0.119. The molecule has 6 heteroatoms. The maximum atomic E-state index is 12.2. The van der Waals surface area contributed by atoms with Gasteiger partial charge in [0.15, 0.2) is 0 Å². The molecule has 1 saturated heterocycles. The van der Waals surface area contributed by atoms with Gasteiger partial charge in [0, 0.05) is 31.8 Å². The van der Waals surface area contributed by atoms with Crippen LogP contribution in [0.1, 0.15) is 23.0 Å². The maximum Gasteiger partial charge on any atom is 0.254 e. The van der Waals surface area contributed by atoms with Gasteiger partial charge in [-0.25, -0.2) is 0 Å². The number of morpholine rings is 1. The SMILES string of the molecule is CC(=O)NCc1cc(C(=O)N2CCOCC2)ccn1. The average molecular weight is 263 g/mol. The van der Waals surface area contributed by atoms with Crippen molar-refractivity contribution in [2.24, 2.45) is 0 Å². The fourth-order valence-corrected chi connectivity index (χ4v) is 1.87. The third-order valence-corrected chi connectivity index (χ3v) is 2.88. The van der Waals surface area contributed by atoms with Crippen LogP contribution in [-0.4, -0.2) is 48.0 Å². The lowest BCUT2D eigenvalue weighted by Crippen LogP contribution is -2.40. The number of amides is 2. The lowest BCUT2D eigenvalue weighted by molar-refractivity contribution is -0.119. The molecule has 1 aliphatic heterocycles. The fraction of sp³-hybridized carbons (Fsp3) is 0.462. The van der Waals surface area contributed by atoms with E-state index in [9.17, 15) is 9.59 Å². The van der Waals surface area contributed by atoms with E-state index >= 15 is 0 Å². The van der Waals surface area contributed by atoms with Crippen molar-refractivity contribution in [3.8, 4) is 0 Å². The first-order valence-electron chi connectivity index (χ1n) is 6.23. The Kier molecular flexibility index (Phi) is 4.46. The van der Waals surface area contributed by atoms with Crippen molar-refractivity contribution in [3.05, 3.63) is 29.6 Å². The molecule has 0 radical (unpaired) electrons. The Morgan fingerprint density at radius 1 is 1.42 bits per heavy atom. The van der Waals surface area contributed by atoms with Crippen LogP contribution in [-0.2, 0) is 16.1 Å². The molecule has 19 heavy (non-hydrogen) atoms. The first kappa shape index (κ1) is 13.5. The predicted octanol–water partition coefficient (Wildman–Crippen LogP) is 0.190. The van der Waals surface area contributed by atoms with Gasteiger partial charge < -0.3 is 15.0 Å². The zero-order valence-electron chi connectivity index (χ0n) is 10.9. The van der Waals surface area contributed by atoms with Crippen LogP contribution >= 0.6 is 0 Å². The zero-order valence-corrected chi connectivity index (χ0v) is 10.9. The molecule has 1 fully saturated rings. The Hall–Kier alpha value is -1.95. The average Bonchev–Trinajstić information content (AvgIpc) is 2.45. The molecule has 2 heterocycles. The second-order valence-electron chi connectivity index (χ2n) is 4.35. The van der Waals surface area contributed by atoms with Crippen LogP contribution in [0.25, 0.3) is 0 Å². The van der Waals surface area contributed by atoms with Crippen molar-refractivity contribution in [1.82, 2.24) is 15.2 Å². The minimum absolute atomic E-state index is 0.0187. The van der Waals surface area contributed by atoms with Crippen molar-refractivity contribution in [3.63, 3.8) is 0 Å². The Morgan fingerprint density at radius 3 is 2.84 bits per heavy atom. The number of nitrogens with zero attached hydrogens (tertiary/aromatic N) is 2. The van der Waals surface area contributed by atoms with Crippen molar-refractivity contribution >= 4 is 11.8 Å². The number of hydrogen-bond acceptors (Lipinski definition) is 4. The van der Waals surface area contributed by atoms with Gasteiger partial charge in [0.25, 0.3) is 5.91 Å². The van der Waals surface area contributed by atoms with Gasteiger partial charge in [-0.15, -0.1) is 0 Å². The highest BCUT2D eigenvalue weighted by Crippen LogP contribution is 2.08. The van der Waals surface area contributed by atoms with Crippen LogP contribution in [0.5, 0.6) is 0 Å². The molecule has 6 nitrogen and oxygen atoms in total. The molecule has 1 aromatic rings. The summed E-state index contributed by atoms with van der Waals surface area (Å²) in [5.41, 5.74) is 1.27. The highest BCUT2D eigenvalue weighted by Gasteiger charge is 2.18. The van der Waals surface area contributed by atoms with E-state index in [2.05, 4.69) is 10.3 Å². The Labute approximate surface area is 111 Å². The zero-order chi connectivity index (χ0) is 13.7. The van der Waals surface area contributed by atoms with Gasteiger partial charge in [-0.05, 0) is 12.1 Å². The first-order valence-corrected chi connectivity index (χ1v) is 6.23. The number of carbonyl (C=O) groups is 2. The van der Waals surface area contributed by atoms with Crippen LogP contribution in [0.2, 0.25) is 0 Å². The Balaban J connectivity index is 2.04. The maximum absolute atomic E-state index is 12.2. The summed E-state index contributed by atoms with van der Waals surface area (Å²) in [5.74, 6) is -0.138. The van der Waals surface area contributed by atoms with Crippen LogP contribution in [0.3, 0.4) is 0 Å². The van der Waals surface area contributed by atoms with E-state index in [1.807, 2.05) is 0 Å². The summed E-state index contributed by atoms with van der Waals surface area (Å²) in [6.45, 7) is 4.16. The number of aromatic nitrogens is 1. The van der Waals surface area contributed by atoms with Gasteiger partial charge in [0.05, 0.1) is 25.5 Å².